The molecule has 2 aliphatic rings. The average molecular weight is 260 g/mol. The maximum Gasteiger partial charge on any atom is 0.237 e. The fourth-order valence-electron chi connectivity index (χ4n) is 3.26. The van der Waals surface area contributed by atoms with E-state index in [1.807, 2.05) is 0 Å². The second-order valence-electron chi connectivity index (χ2n) is 5.54. The number of aromatic hydroxyl groups is 1. The second kappa shape index (κ2) is 3.98. The van der Waals surface area contributed by atoms with Crippen LogP contribution >= 0.6 is 0 Å². The van der Waals surface area contributed by atoms with Crippen molar-refractivity contribution >= 4 is 23.2 Å². The molecule has 1 saturated carbocycles. The van der Waals surface area contributed by atoms with Gasteiger partial charge >= 0.3 is 0 Å². The summed E-state index contributed by atoms with van der Waals surface area (Å²) < 4.78 is 0. The molecule has 1 aromatic carbocycles. The standard InChI is InChI=1S/C14H16N2O3/c1-7-4-9-10(5-7)14(19)16(13(9)18)12-3-2-8(17)6-11(12)15/h2-3,6-7,9-10,17H,4-5,15H2,1H3. The van der Waals surface area contributed by atoms with Crippen LogP contribution in [0.25, 0.3) is 0 Å². The van der Waals surface area contributed by atoms with Crippen molar-refractivity contribution in [2.24, 2.45) is 17.8 Å². The number of phenolic OH excluding ortho intramolecular Hbond substituents is 1. The molecule has 2 amide bonds. The highest BCUT2D eigenvalue weighted by molar-refractivity contribution is 6.23. The number of hydrogen-bond acceptors (Lipinski definition) is 4. The monoisotopic (exact) mass is 260 g/mol. The summed E-state index contributed by atoms with van der Waals surface area (Å²) in [6.45, 7) is 2.07. The minimum absolute atomic E-state index is 0.0224. The molecule has 0 aromatic heterocycles. The maximum absolute atomic E-state index is 12.4. The number of fused-ring (bicyclic) bond motifs is 1. The molecule has 1 aliphatic carbocycles. The molecular weight excluding hydrogens is 244 g/mol. The Morgan fingerprint density at radius 2 is 1.79 bits per heavy atom. The number of carbonyl (C=O) groups is 2. The Balaban J connectivity index is 1.99. The fourth-order valence-corrected chi connectivity index (χ4v) is 3.26. The van der Waals surface area contributed by atoms with Crippen molar-refractivity contribution in [3.63, 3.8) is 0 Å². The van der Waals surface area contributed by atoms with Crippen molar-refractivity contribution < 1.29 is 14.7 Å². The number of nitrogens with two attached hydrogens (primary N) is 1. The highest BCUT2D eigenvalue weighted by Gasteiger charge is 2.52. The Morgan fingerprint density at radius 1 is 1.21 bits per heavy atom. The second-order valence-corrected chi connectivity index (χ2v) is 5.54. The van der Waals surface area contributed by atoms with Gasteiger partial charge in [-0.1, -0.05) is 6.92 Å². The van der Waals surface area contributed by atoms with Crippen LogP contribution < -0.4 is 10.6 Å². The molecule has 2 fully saturated rings. The molecule has 5 heteroatoms. The lowest BCUT2D eigenvalue weighted by molar-refractivity contribution is -0.123. The quantitative estimate of drug-likeness (QED) is 0.592. The van der Waals surface area contributed by atoms with Gasteiger partial charge in [0.05, 0.1) is 23.2 Å². The van der Waals surface area contributed by atoms with Crippen molar-refractivity contribution in [2.45, 2.75) is 19.8 Å². The molecule has 2 atom stereocenters. The summed E-state index contributed by atoms with van der Waals surface area (Å²) in [7, 11) is 0. The Bertz CT molecular complexity index is 546. The van der Waals surface area contributed by atoms with Crippen LogP contribution in [0.15, 0.2) is 18.2 Å². The van der Waals surface area contributed by atoms with Crippen LogP contribution in [0.5, 0.6) is 5.75 Å². The molecule has 3 N–H and O–H groups in total. The number of hydrogen-bond donors (Lipinski definition) is 2. The van der Waals surface area contributed by atoms with Gasteiger partial charge in [-0.2, -0.15) is 0 Å². The topological polar surface area (TPSA) is 83.6 Å². The van der Waals surface area contributed by atoms with Gasteiger partial charge in [0.15, 0.2) is 0 Å². The number of rotatable bonds is 1. The summed E-state index contributed by atoms with van der Waals surface area (Å²) in [6.07, 6.45) is 1.54. The van der Waals surface area contributed by atoms with Crippen LogP contribution in [0.1, 0.15) is 19.8 Å². The van der Waals surface area contributed by atoms with Crippen LogP contribution in [-0.4, -0.2) is 16.9 Å². The highest BCUT2D eigenvalue weighted by atomic mass is 16.3. The first kappa shape index (κ1) is 12.0. The van der Waals surface area contributed by atoms with Gasteiger partial charge in [-0.05, 0) is 30.9 Å². The van der Waals surface area contributed by atoms with Crippen molar-refractivity contribution in [3.8, 4) is 5.75 Å². The first-order valence-corrected chi connectivity index (χ1v) is 6.45. The zero-order valence-electron chi connectivity index (χ0n) is 10.7. The van der Waals surface area contributed by atoms with Gasteiger partial charge in [0.1, 0.15) is 5.75 Å². The minimum atomic E-state index is -0.198. The van der Waals surface area contributed by atoms with E-state index < -0.39 is 0 Å². The maximum atomic E-state index is 12.4. The molecule has 2 unspecified atom stereocenters. The Morgan fingerprint density at radius 3 is 2.32 bits per heavy atom. The van der Waals surface area contributed by atoms with Gasteiger partial charge in [0, 0.05) is 6.07 Å². The van der Waals surface area contributed by atoms with E-state index in [4.69, 9.17) is 5.73 Å². The number of nitrogen functional groups attached to an aromatic ring is 1. The Labute approximate surface area is 111 Å². The summed E-state index contributed by atoms with van der Waals surface area (Å²) in [5, 5.41) is 9.34. The first-order valence-electron chi connectivity index (χ1n) is 6.45. The third kappa shape index (κ3) is 1.69. The van der Waals surface area contributed by atoms with Gasteiger partial charge in [0.2, 0.25) is 11.8 Å². The van der Waals surface area contributed by atoms with E-state index >= 15 is 0 Å². The molecule has 1 aromatic rings. The molecule has 5 nitrogen and oxygen atoms in total. The molecule has 1 heterocycles. The summed E-state index contributed by atoms with van der Waals surface area (Å²) in [5.41, 5.74) is 6.43. The molecule has 3 rings (SSSR count). The average Bonchev–Trinajstić information content (AvgIpc) is 2.82. The molecule has 19 heavy (non-hydrogen) atoms. The highest BCUT2D eigenvalue weighted by Crippen LogP contribution is 2.45. The Kier molecular flexibility index (Phi) is 2.52. The van der Waals surface area contributed by atoms with Crippen molar-refractivity contribution in [2.75, 3.05) is 10.6 Å². The molecule has 0 radical (unpaired) electrons. The smallest absolute Gasteiger partial charge is 0.237 e. The number of imide groups is 1. The van der Waals surface area contributed by atoms with Crippen LogP contribution in [0.2, 0.25) is 0 Å². The van der Waals surface area contributed by atoms with E-state index in [9.17, 15) is 14.7 Å². The predicted molar refractivity (Wildman–Crippen MR) is 70.4 cm³/mol. The molecular formula is C14H16N2O3. The van der Waals surface area contributed by atoms with Crippen molar-refractivity contribution in [1.29, 1.82) is 0 Å². The summed E-state index contributed by atoms with van der Waals surface area (Å²) >= 11 is 0. The van der Waals surface area contributed by atoms with E-state index in [-0.39, 0.29) is 35.1 Å². The largest absolute Gasteiger partial charge is 0.508 e. The summed E-state index contributed by atoms with van der Waals surface area (Å²) in [6, 6.07) is 4.31. The number of carbonyl (C=O) groups excluding carboxylic acids is 2. The van der Waals surface area contributed by atoms with Gasteiger partial charge in [-0.15, -0.1) is 0 Å². The number of amides is 2. The van der Waals surface area contributed by atoms with Gasteiger partial charge in [-0.3, -0.25) is 9.59 Å². The van der Waals surface area contributed by atoms with E-state index in [1.54, 1.807) is 0 Å². The van der Waals surface area contributed by atoms with E-state index in [1.165, 1.54) is 23.1 Å². The fraction of sp³-hybridized carbons (Fsp3) is 0.429. The van der Waals surface area contributed by atoms with Crippen LogP contribution in [0.3, 0.4) is 0 Å². The summed E-state index contributed by atoms with van der Waals surface area (Å²) in [4.78, 5) is 25.9. The first-order chi connectivity index (χ1) is 8.99. The lowest BCUT2D eigenvalue weighted by Crippen LogP contribution is -2.32. The third-order valence-corrected chi connectivity index (χ3v) is 4.13. The van der Waals surface area contributed by atoms with Gasteiger partial charge in [0.25, 0.3) is 0 Å². The van der Waals surface area contributed by atoms with E-state index in [2.05, 4.69) is 6.92 Å². The number of nitrogens with zero attached hydrogens (tertiary/aromatic N) is 1. The number of benzene rings is 1. The molecule has 100 valence electrons. The Hall–Kier alpha value is -2.04. The van der Waals surface area contributed by atoms with E-state index in [0.29, 0.717) is 11.6 Å². The van der Waals surface area contributed by atoms with Crippen molar-refractivity contribution in [1.82, 2.24) is 0 Å². The molecule has 1 aliphatic heterocycles. The summed E-state index contributed by atoms with van der Waals surface area (Å²) in [5.74, 6) is -0.267. The zero-order valence-corrected chi connectivity index (χ0v) is 10.7. The lowest BCUT2D eigenvalue weighted by atomic mass is 10.00. The zero-order chi connectivity index (χ0) is 13.7. The van der Waals surface area contributed by atoms with Crippen LogP contribution in [0, 0.1) is 17.8 Å². The SMILES string of the molecule is CC1CC2C(=O)N(c3ccc(O)cc3N)C(=O)C2C1. The number of anilines is 2. The molecule has 0 spiro atoms. The minimum Gasteiger partial charge on any atom is -0.508 e. The van der Waals surface area contributed by atoms with Crippen molar-refractivity contribution in [3.05, 3.63) is 18.2 Å². The number of phenols is 1. The van der Waals surface area contributed by atoms with Gasteiger partial charge in [-0.25, -0.2) is 4.90 Å². The van der Waals surface area contributed by atoms with Crippen LogP contribution in [0.4, 0.5) is 11.4 Å². The van der Waals surface area contributed by atoms with E-state index in [0.717, 1.165) is 12.8 Å². The molecule has 0 bridgehead atoms. The molecule has 1 saturated heterocycles. The normalized spacial score (nSPS) is 29.9. The van der Waals surface area contributed by atoms with Crippen LogP contribution in [-0.2, 0) is 9.59 Å². The predicted octanol–water partition coefficient (Wildman–Crippen LogP) is 1.51. The third-order valence-electron chi connectivity index (χ3n) is 4.13. The lowest BCUT2D eigenvalue weighted by Gasteiger charge is -2.18. The van der Waals surface area contributed by atoms with Gasteiger partial charge < -0.3 is 10.8 Å².